The zero-order chi connectivity index (χ0) is 11.2. The van der Waals surface area contributed by atoms with Crippen LogP contribution in [0.1, 0.15) is 40.0 Å². The number of hydrogen-bond acceptors (Lipinski definition) is 3. The molecule has 1 amide bonds. The van der Waals surface area contributed by atoms with Gasteiger partial charge in [0.05, 0.1) is 12.1 Å². The van der Waals surface area contributed by atoms with Gasteiger partial charge < -0.3 is 9.84 Å². The highest BCUT2D eigenvalue weighted by Gasteiger charge is 2.49. The van der Waals surface area contributed by atoms with Crippen LogP contribution in [-0.4, -0.2) is 39.9 Å². The number of fused-ring (bicyclic) bond motifs is 2. The van der Waals surface area contributed by atoms with Gasteiger partial charge in [-0.1, -0.05) is 0 Å². The minimum absolute atomic E-state index is 0.00940. The van der Waals surface area contributed by atoms with E-state index in [0.29, 0.717) is 6.42 Å². The van der Waals surface area contributed by atoms with E-state index in [1.54, 1.807) is 4.90 Å². The molecule has 2 aliphatic heterocycles. The Morgan fingerprint density at radius 2 is 2.07 bits per heavy atom. The van der Waals surface area contributed by atoms with Crippen molar-refractivity contribution >= 4 is 6.09 Å². The van der Waals surface area contributed by atoms with Crippen LogP contribution in [0.3, 0.4) is 0 Å². The first kappa shape index (κ1) is 10.7. The number of aliphatic hydroxyl groups is 1. The van der Waals surface area contributed by atoms with E-state index in [0.717, 1.165) is 12.8 Å². The van der Waals surface area contributed by atoms with Crippen molar-refractivity contribution in [2.45, 2.75) is 63.8 Å². The van der Waals surface area contributed by atoms with Gasteiger partial charge in [0, 0.05) is 6.04 Å². The molecule has 2 aliphatic rings. The summed E-state index contributed by atoms with van der Waals surface area (Å²) in [5, 5.41) is 9.69. The summed E-state index contributed by atoms with van der Waals surface area (Å²) in [4.78, 5) is 13.6. The fourth-order valence-electron chi connectivity index (χ4n) is 2.56. The highest BCUT2D eigenvalue weighted by atomic mass is 16.6. The summed E-state index contributed by atoms with van der Waals surface area (Å²) >= 11 is 0. The molecule has 0 aromatic carbocycles. The molecule has 0 spiro atoms. The van der Waals surface area contributed by atoms with E-state index < -0.39 is 5.60 Å². The van der Waals surface area contributed by atoms with Gasteiger partial charge in [-0.3, -0.25) is 4.90 Å². The van der Waals surface area contributed by atoms with Gasteiger partial charge in [-0.25, -0.2) is 4.79 Å². The Kier molecular flexibility index (Phi) is 2.41. The van der Waals surface area contributed by atoms with Gasteiger partial charge >= 0.3 is 6.09 Å². The fraction of sp³-hybridized carbons (Fsp3) is 0.909. The maximum absolute atomic E-state index is 11.9. The number of nitrogens with zero attached hydrogens (tertiary/aromatic N) is 1. The molecule has 1 N–H and O–H groups in total. The van der Waals surface area contributed by atoms with E-state index in [1.807, 2.05) is 20.8 Å². The predicted molar refractivity (Wildman–Crippen MR) is 55.5 cm³/mol. The molecular formula is C11H19NO3. The molecule has 2 rings (SSSR count). The molecule has 0 aliphatic carbocycles. The number of ether oxygens (including phenoxy) is 1. The Labute approximate surface area is 90.2 Å². The molecule has 0 radical (unpaired) electrons. The number of hydrogen-bond donors (Lipinski definition) is 1. The second-order valence-corrected chi connectivity index (χ2v) is 5.49. The first-order valence-electron chi connectivity index (χ1n) is 5.58. The largest absolute Gasteiger partial charge is 0.444 e. The molecular weight excluding hydrogens is 194 g/mol. The van der Waals surface area contributed by atoms with Gasteiger partial charge in [-0.05, 0) is 40.0 Å². The Morgan fingerprint density at radius 3 is 2.47 bits per heavy atom. The van der Waals surface area contributed by atoms with Crippen LogP contribution >= 0.6 is 0 Å². The summed E-state index contributed by atoms with van der Waals surface area (Å²) in [6.45, 7) is 5.58. The topological polar surface area (TPSA) is 49.8 Å². The van der Waals surface area contributed by atoms with Crippen molar-refractivity contribution in [3.63, 3.8) is 0 Å². The molecule has 0 aromatic heterocycles. The van der Waals surface area contributed by atoms with Crippen molar-refractivity contribution in [3.05, 3.63) is 0 Å². The van der Waals surface area contributed by atoms with Crippen LogP contribution in [0.25, 0.3) is 0 Å². The van der Waals surface area contributed by atoms with Crippen LogP contribution in [0.5, 0.6) is 0 Å². The molecule has 2 saturated heterocycles. The monoisotopic (exact) mass is 213 g/mol. The van der Waals surface area contributed by atoms with Crippen molar-refractivity contribution in [2.24, 2.45) is 0 Å². The zero-order valence-electron chi connectivity index (χ0n) is 9.56. The molecule has 86 valence electrons. The van der Waals surface area contributed by atoms with Gasteiger partial charge in [-0.2, -0.15) is 0 Å². The molecule has 2 unspecified atom stereocenters. The molecule has 0 aromatic rings. The maximum Gasteiger partial charge on any atom is 0.410 e. The van der Waals surface area contributed by atoms with E-state index >= 15 is 0 Å². The second kappa shape index (κ2) is 3.37. The van der Waals surface area contributed by atoms with Crippen molar-refractivity contribution in [1.29, 1.82) is 0 Å². The molecule has 3 atom stereocenters. The summed E-state index contributed by atoms with van der Waals surface area (Å²) in [7, 11) is 0. The van der Waals surface area contributed by atoms with Crippen LogP contribution < -0.4 is 0 Å². The Bertz CT molecular complexity index is 271. The Hall–Kier alpha value is -0.770. The summed E-state index contributed by atoms with van der Waals surface area (Å²) in [6.07, 6.45) is 2.00. The summed E-state index contributed by atoms with van der Waals surface area (Å²) in [6, 6.07) is 0.185. The summed E-state index contributed by atoms with van der Waals surface area (Å²) in [5.74, 6) is 0. The molecule has 2 heterocycles. The van der Waals surface area contributed by atoms with Crippen LogP contribution in [0.2, 0.25) is 0 Å². The van der Waals surface area contributed by atoms with Gasteiger partial charge in [-0.15, -0.1) is 0 Å². The highest BCUT2D eigenvalue weighted by Crippen LogP contribution is 2.38. The SMILES string of the molecule is CC(C)(C)OC(=O)N1C2CCC1[C@@H](O)C2. The minimum Gasteiger partial charge on any atom is -0.444 e. The maximum atomic E-state index is 11.9. The van der Waals surface area contributed by atoms with E-state index in [2.05, 4.69) is 0 Å². The van der Waals surface area contributed by atoms with Gasteiger partial charge in [0.2, 0.25) is 0 Å². The lowest BCUT2D eigenvalue weighted by Gasteiger charge is -2.27. The number of aliphatic hydroxyl groups excluding tert-OH is 1. The highest BCUT2D eigenvalue weighted by molar-refractivity contribution is 5.70. The molecule has 2 fully saturated rings. The van der Waals surface area contributed by atoms with E-state index in [-0.39, 0.29) is 24.3 Å². The standard InChI is InChI=1S/C11H19NO3/c1-11(2,3)15-10(14)12-7-4-5-8(12)9(13)6-7/h7-9,13H,4-6H2,1-3H3/t7?,8?,9-/m0/s1. The minimum atomic E-state index is -0.454. The Morgan fingerprint density at radius 1 is 1.40 bits per heavy atom. The van der Waals surface area contributed by atoms with Crippen LogP contribution in [0, 0.1) is 0 Å². The Balaban J connectivity index is 2.03. The molecule has 4 nitrogen and oxygen atoms in total. The summed E-state index contributed by atoms with van der Waals surface area (Å²) < 4.78 is 5.33. The van der Waals surface area contributed by atoms with E-state index in [1.165, 1.54) is 0 Å². The third-order valence-electron chi connectivity index (χ3n) is 3.11. The van der Waals surface area contributed by atoms with Crippen molar-refractivity contribution in [1.82, 2.24) is 4.90 Å². The number of amides is 1. The number of carbonyl (C=O) groups excluding carboxylic acids is 1. The molecule has 4 heteroatoms. The van der Waals surface area contributed by atoms with Crippen LogP contribution in [0.4, 0.5) is 4.79 Å². The van der Waals surface area contributed by atoms with Gasteiger partial charge in [0.25, 0.3) is 0 Å². The van der Waals surface area contributed by atoms with E-state index in [4.69, 9.17) is 4.74 Å². The smallest absolute Gasteiger partial charge is 0.410 e. The first-order valence-corrected chi connectivity index (χ1v) is 5.58. The van der Waals surface area contributed by atoms with Gasteiger partial charge in [0.15, 0.2) is 0 Å². The molecule has 2 bridgehead atoms. The normalized spacial score (nSPS) is 34.7. The molecule has 0 saturated carbocycles. The quantitative estimate of drug-likeness (QED) is 0.663. The number of rotatable bonds is 0. The second-order valence-electron chi connectivity index (χ2n) is 5.49. The zero-order valence-corrected chi connectivity index (χ0v) is 9.56. The van der Waals surface area contributed by atoms with E-state index in [9.17, 15) is 9.90 Å². The molecule has 15 heavy (non-hydrogen) atoms. The van der Waals surface area contributed by atoms with Crippen LogP contribution in [-0.2, 0) is 4.74 Å². The van der Waals surface area contributed by atoms with Crippen molar-refractivity contribution < 1.29 is 14.6 Å². The van der Waals surface area contributed by atoms with Crippen molar-refractivity contribution in [2.75, 3.05) is 0 Å². The van der Waals surface area contributed by atoms with Gasteiger partial charge in [0.1, 0.15) is 5.60 Å². The average Bonchev–Trinajstić information content (AvgIpc) is 2.55. The summed E-state index contributed by atoms with van der Waals surface area (Å²) in [5.41, 5.74) is -0.454. The predicted octanol–water partition coefficient (Wildman–Crippen LogP) is 1.52. The lowest BCUT2D eigenvalue weighted by atomic mass is 9.98. The lowest BCUT2D eigenvalue weighted by Crippen LogP contribution is -2.41. The fourth-order valence-corrected chi connectivity index (χ4v) is 2.56. The van der Waals surface area contributed by atoms with Crippen LogP contribution in [0.15, 0.2) is 0 Å². The third-order valence-corrected chi connectivity index (χ3v) is 3.11. The third kappa shape index (κ3) is 1.95. The number of carbonyl (C=O) groups is 1. The average molecular weight is 213 g/mol. The van der Waals surface area contributed by atoms with Crippen molar-refractivity contribution in [3.8, 4) is 0 Å². The first-order chi connectivity index (χ1) is 6.88. The lowest BCUT2D eigenvalue weighted by molar-refractivity contribution is 0.0170.